The molecule has 3 aliphatic rings. The molecule has 1 aliphatic carbocycles. The molecular weight excluding hydrogens is 354 g/mol. The Bertz CT molecular complexity index is 521. The summed E-state index contributed by atoms with van der Waals surface area (Å²) in [4.78, 5) is 23.7. The molecule has 2 heterocycles. The van der Waals surface area contributed by atoms with Crippen molar-refractivity contribution < 1.29 is 9.53 Å². The van der Waals surface area contributed by atoms with Gasteiger partial charge in [-0.05, 0) is 50.9 Å². The molecule has 28 heavy (non-hydrogen) atoms. The van der Waals surface area contributed by atoms with Gasteiger partial charge < -0.3 is 19.9 Å². The van der Waals surface area contributed by atoms with Crippen LogP contribution in [0.1, 0.15) is 45.4 Å². The summed E-state index contributed by atoms with van der Waals surface area (Å²) < 4.78 is 5.54. The van der Waals surface area contributed by atoms with Crippen molar-refractivity contribution in [3.63, 3.8) is 0 Å². The van der Waals surface area contributed by atoms with Crippen LogP contribution >= 0.6 is 0 Å². The third-order valence-electron chi connectivity index (χ3n) is 6.51. The quantitative estimate of drug-likeness (QED) is 0.384. The summed E-state index contributed by atoms with van der Waals surface area (Å²) in [6.07, 6.45) is 7.30. The second-order valence-corrected chi connectivity index (χ2v) is 8.55. The number of rotatable bonds is 8. The lowest BCUT2D eigenvalue weighted by atomic mass is 10.0. The summed E-state index contributed by atoms with van der Waals surface area (Å²) in [5.74, 6) is 1.31. The molecule has 7 nitrogen and oxygen atoms in total. The Balaban J connectivity index is 1.37. The van der Waals surface area contributed by atoms with Crippen LogP contribution in [0.25, 0.3) is 0 Å². The Hall–Kier alpha value is -1.34. The van der Waals surface area contributed by atoms with Crippen molar-refractivity contribution in [2.45, 2.75) is 45.4 Å². The first-order valence-corrected chi connectivity index (χ1v) is 11.2. The first-order chi connectivity index (χ1) is 13.7. The van der Waals surface area contributed by atoms with Crippen molar-refractivity contribution in [2.24, 2.45) is 10.4 Å². The van der Waals surface area contributed by atoms with Crippen LogP contribution in [0, 0.1) is 5.41 Å². The molecule has 3 rings (SSSR count). The summed E-state index contributed by atoms with van der Waals surface area (Å²) in [5.41, 5.74) is 0.411. The third kappa shape index (κ3) is 6.08. The van der Waals surface area contributed by atoms with E-state index in [1.54, 1.807) is 0 Å². The number of nitrogens with zero attached hydrogens (tertiary/aromatic N) is 4. The average Bonchev–Trinajstić information content (AvgIpc) is 3.50. The van der Waals surface area contributed by atoms with E-state index in [9.17, 15) is 4.79 Å². The van der Waals surface area contributed by atoms with E-state index in [1.165, 1.54) is 19.3 Å². The molecule has 2 saturated heterocycles. The van der Waals surface area contributed by atoms with Gasteiger partial charge in [-0.1, -0.05) is 0 Å². The number of piperazine rings is 1. The van der Waals surface area contributed by atoms with Crippen molar-refractivity contribution in [3.8, 4) is 0 Å². The lowest BCUT2D eigenvalue weighted by Crippen LogP contribution is -2.55. The van der Waals surface area contributed by atoms with Crippen LogP contribution in [0.5, 0.6) is 0 Å². The second-order valence-electron chi connectivity index (χ2n) is 8.55. The molecule has 3 fully saturated rings. The standard InChI is InChI=1S/C21H39N5O2/c1-3-28-16-9-21(7-8-21)18-23-20(22-2)26-14-12-24(13-15-26)17-19(27)25-10-5-4-6-11-25/h3-18H2,1-2H3,(H,22,23). The van der Waals surface area contributed by atoms with E-state index in [-0.39, 0.29) is 0 Å². The van der Waals surface area contributed by atoms with Crippen LogP contribution in [0.2, 0.25) is 0 Å². The minimum Gasteiger partial charge on any atom is -0.382 e. The van der Waals surface area contributed by atoms with E-state index in [4.69, 9.17) is 4.74 Å². The Labute approximate surface area is 170 Å². The van der Waals surface area contributed by atoms with E-state index in [2.05, 4.69) is 27.0 Å². The van der Waals surface area contributed by atoms with Crippen molar-refractivity contribution in [1.82, 2.24) is 20.0 Å². The zero-order valence-corrected chi connectivity index (χ0v) is 17.9. The summed E-state index contributed by atoms with van der Waals surface area (Å²) >= 11 is 0. The van der Waals surface area contributed by atoms with Gasteiger partial charge in [0.15, 0.2) is 5.96 Å². The number of aliphatic imine (C=N–C) groups is 1. The van der Waals surface area contributed by atoms with Gasteiger partial charge in [0.1, 0.15) is 0 Å². The average molecular weight is 394 g/mol. The molecule has 0 spiro atoms. The molecule has 7 heteroatoms. The molecule has 1 amide bonds. The van der Waals surface area contributed by atoms with Crippen molar-refractivity contribution in [3.05, 3.63) is 0 Å². The molecule has 0 aromatic rings. The number of carbonyl (C=O) groups excluding carboxylic acids is 1. The van der Waals surface area contributed by atoms with Crippen LogP contribution in [0.3, 0.4) is 0 Å². The van der Waals surface area contributed by atoms with Crippen LogP contribution < -0.4 is 5.32 Å². The second kappa shape index (κ2) is 10.4. The highest BCUT2D eigenvalue weighted by Gasteiger charge is 2.42. The molecule has 1 saturated carbocycles. The lowest BCUT2D eigenvalue weighted by Gasteiger charge is -2.37. The number of likely N-dealkylation sites (tertiary alicyclic amines) is 1. The Kier molecular flexibility index (Phi) is 7.97. The molecule has 0 bridgehead atoms. The van der Waals surface area contributed by atoms with Crippen molar-refractivity contribution in [2.75, 3.05) is 72.6 Å². The fourth-order valence-electron chi connectivity index (χ4n) is 4.28. The van der Waals surface area contributed by atoms with Gasteiger partial charge in [0.05, 0.1) is 6.54 Å². The number of nitrogens with one attached hydrogen (secondary N) is 1. The first kappa shape index (κ1) is 21.4. The fourth-order valence-corrected chi connectivity index (χ4v) is 4.28. The van der Waals surface area contributed by atoms with Crippen LogP contribution in [-0.4, -0.2) is 99.2 Å². The maximum absolute atomic E-state index is 12.5. The predicted molar refractivity (Wildman–Crippen MR) is 113 cm³/mol. The van der Waals surface area contributed by atoms with Gasteiger partial charge in [-0.15, -0.1) is 0 Å². The first-order valence-electron chi connectivity index (χ1n) is 11.2. The monoisotopic (exact) mass is 393 g/mol. The maximum atomic E-state index is 12.5. The van der Waals surface area contributed by atoms with Gasteiger partial charge in [-0.3, -0.25) is 14.7 Å². The van der Waals surface area contributed by atoms with Gasteiger partial charge in [0.25, 0.3) is 0 Å². The van der Waals surface area contributed by atoms with Crippen LogP contribution in [0.15, 0.2) is 4.99 Å². The number of hydrogen-bond donors (Lipinski definition) is 1. The highest BCUT2D eigenvalue weighted by Crippen LogP contribution is 2.48. The number of ether oxygens (including phenoxy) is 1. The summed E-state index contributed by atoms with van der Waals surface area (Å²) in [5, 5.41) is 3.60. The highest BCUT2D eigenvalue weighted by atomic mass is 16.5. The lowest BCUT2D eigenvalue weighted by molar-refractivity contribution is -0.133. The van der Waals surface area contributed by atoms with E-state index in [0.29, 0.717) is 17.9 Å². The SMILES string of the molecule is CCOCCC1(CNC(=NC)N2CCN(CC(=O)N3CCCCC3)CC2)CC1. The third-order valence-corrected chi connectivity index (χ3v) is 6.51. The summed E-state index contributed by atoms with van der Waals surface area (Å²) in [6, 6.07) is 0. The van der Waals surface area contributed by atoms with Crippen molar-refractivity contribution in [1.29, 1.82) is 0 Å². The summed E-state index contributed by atoms with van der Waals surface area (Å²) in [7, 11) is 1.87. The fraction of sp³-hybridized carbons (Fsp3) is 0.905. The largest absolute Gasteiger partial charge is 0.382 e. The highest BCUT2D eigenvalue weighted by molar-refractivity contribution is 5.80. The molecule has 160 valence electrons. The minimum absolute atomic E-state index is 0.306. The van der Waals surface area contributed by atoms with Crippen LogP contribution in [-0.2, 0) is 9.53 Å². The van der Waals surface area contributed by atoms with Gasteiger partial charge >= 0.3 is 0 Å². The number of amides is 1. The Morgan fingerprint density at radius 1 is 1.04 bits per heavy atom. The zero-order chi connectivity index (χ0) is 19.8. The van der Waals surface area contributed by atoms with Crippen LogP contribution in [0.4, 0.5) is 0 Å². The number of piperidine rings is 1. The predicted octanol–water partition coefficient (Wildman–Crippen LogP) is 1.40. The van der Waals surface area contributed by atoms with Gasteiger partial charge in [-0.25, -0.2) is 0 Å². The van der Waals surface area contributed by atoms with Gasteiger partial charge in [0.2, 0.25) is 5.91 Å². The number of guanidine groups is 1. The molecule has 1 N–H and O–H groups in total. The normalized spacial score (nSPS) is 23.0. The topological polar surface area (TPSA) is 60.4 Å². The smallest absolute Gasteiger partial charge is 0.236 e. The Morgan fingerprint density at radius 2 is 1.75 bits per heavy atom. The van der Waals surface area contributed by atoms with E-state index >= 15 is 0 Å². The molecular formula is C21H39N5O2. The maximum Gasteiger partial charge on any atom is 0.236 e. The number of carbonyl (C=O) groups is 1. The van der Waals surface area contributed by atoms with Crippen molar-refractivity contribution >= 4 is 11.9 Å². The van der Waals surface area contributed by atoms with E-state index in [1.807, 2.05) is 11.9 Å². The minimum atomic E-state index is 0.306. The molecule has 0 unspecified atom stereocenters. The van der Waals surface area contributed by atoms with Gasteiger partial charge in [-0.2, -0.15) is 0 Å². The molecule has 2 aliphatic heterocycles. The molecule has 0 aromatic carbocycles. The molecule has 0 atom stereocenters. The Morgan fingerprint density at radius 3 is 2.36 bits per heavy atom. The summed E-state index contributed by atoms with van der Waals surface area (Å²) in [6.45, 7) is 10.9. The zero-order valence-electron chi connectivity index (χ0n) is 17.9. The number of hydrogen-bond acceptors (Lipinski definition) is 4. The van der Waals surface area contributed by atoms with E-state index in [0.717, 1.165) is 84.2 Å². The molecule has 0 radical (unpaired) electrons. The van der Waals surface area contributed by atoms with E-state index < -0.39 is 0 Å². The molecule has 0 aromatic heterocycles. The van der Waals surface area contributed by atoms with Gasteiger partial charge in [0, 0.05) is 66.1 Å².